The largest absolute Gasteiger partial charge is 0.494 e. The normalized spacial score (nSPS) is 17.4. The number of rotatable bonds is 7. The highest BCUT2D eigenvalue weighted by Gasteiger charge is 2.36. The molecule has 1 fully saturated rings. The van der Waals surface area contributed by atoms with Crippen LogP contribution < -0.4 is 29.2 Å². The van der Waals surface area contributed by atoms with Crippen molar-refractivity contribution >= 4 is 23.2 Å². The van der Waals surface area contributed by atoms with Crippen LogP contribution in [0.15, 0.2) is 36.4 Å². The van der Waals surface area contributed by atoms with Crippen molar-refractivity contribution in [3.63, 3.8) is 0 Å². The number of carbonyl (C=O) groups excluding carboxylic acids is 2. The molecule has 164 valence electrons. The van der Waals surface area contributed by atoms with Crippen molar-refractivity contribution in [3.8, 4) is 23.0 Å². The average Bonchev–Trinajstić information content (AvgIpc) is 3.17. The van der Waals surface area contributed by atoms with Gasteiger partial charge in [-0.3, -0.25) is 9.59 Å². The van der Waals surface area contributed by atoms with E-state index in [0.717, 1.165) is 0 Å². The molecule has 4 rings (SSSR count). The zero-order valence-corrected chi connectivity index (χ0v) is 17.7. The van der Waals surface area contributed by atoms with Crippen LogP contribution in [0.3, 0.4) is 0 Å². The zero-order chi connectivity index (χ0) is 21.8. The van der Waals surface area contributed by atoms with Gasteiger partial charge in [-0.25, -0.2) is 0 Å². The van der Waals surface area contributed by atoms with Crippen molar-refractivity contribution in [2.45, 2.75) is 20.3 Å². The van der Waals surface area contributed by atoms with Gasteiger partial charge in [-0.05, 0) is 38.1 Å². The molecule has 1 atom stereocenters. The van der Waals surface area contributed by atoms with Crippen LogP contribution in [0.25, 0.3) is 0 Å². The standard InChI is InChI=1S/C23H26N2O6/c1-3-28-17-6-8-19(29-4-2)18(13-17)24-23(27)15-11-22(26)25(14-15)16-5-7-20-21(12-16)31-10-9-30-20/h5-8,12-13,15H,3-4,9-11,14H2,1-2H3,(H,24,27)/t15-/m1/s1. The van der Waals surface area contributed by atoms with Crippen LogP contribution in [-0.2, 0) is 9.59 Å². The summed E-state index contributed by atoms with van der Waals surface area (Å²) in [6, 6.07) is 10.7. The van der Waals surface area contributed by atoms with E-state index in [1.54, 1.807) is 35.2 Å². The van der Waals surface area contributed by atoms with Gasteiger partial charge in [0.15, 0.2) is 11.5 Å². The van der Waals surface area contributed by atoms with Crippen LogP contribution >= 0.6 is 0 Å². The first kappa shape index (κ1) is 20.8. The van der Waals surface area contributed by atoms with E-state index in [0.29, 0.717) is 67.3 Å². The monoisotopic (exact) mass is 426 g/mol. The van der Waals surface area contributed by atoms with Crippen LogP contribution in [0.5, 0.6) is 23.0 Å². The molecule has 2 amide bonds. The summed E-state index contributed by atoms with van der Waals surface area (Å²) in [4.78, 5) is 27.2. The molecule has 2 aliphatic rings. The number of anilines is 2. The molecule has 2 heterocycles. The quantitative estimate of drug-likeness (QED) is 0.732. The van der Waals surface area contributed by atoms with Crippen molar-refractivity contribution in [1.82, 2.24) is 0 Å². The lowest BCUT2D eigenvalue weighted by Gasteiger charge is -2.22. The summed E-state index contributed by atoms with van der Waals surface area (Å²) in [5, 5.41) is 2.91. The predicted molar refractivity (Wildman–Crippen MR) is 115 cm³/mol. The summed E-state index contributed by atoms with van der Waals surface area (Å²) >= 11 is 0. The average molecular weight is 426 g/mol. The van der Waals surface area contributed by atoms with Gasteiger partial charge in [0.1, 0.15) is 24.7 Å². The second-order valence-electron chi connectivity index (χ2n) is 7.25. The van der Waals surface area contributed by atoms with Crippen molar-refractivity contribution in [3.05, 3.63) is 36.4 Å². The van der Waals surface area contributed by atoms with E-state index in [2.05, 4.69) is 5.32 Å². The molecular weight excluding hydrogens is 400 g/mol. The first-order valence-electron chi connectivity index (χ1n) is 10.5. The molecule has 2 aromatic rings. The van der Waals surface area contributed by atoms with Crippen LogP contribution in [-0.4, -0.2) is 44.8 Å². The molecule has 2 aliphatic heterocycles. The highest BCUT2D eigenvalue weighted by molar-refractivity contribution is 6.04. The minimum Gasteiger partial charge on any atom is -0.494 e. The van der Waals surface area contributed by atoms with E-state index in [1.807, 2.05) is 19.9 Å². The Kier molecular flexibility index (Phi) is 6.16. The third-order valence-electron chi connectivity index (χ3n) is 5.15. The predicted octanol–water partition coefficient (Wildman–Crippen LogP) is 3.25. The SMILES string of the molecule is CCOc1ccc(OCC)c(NC(=O)[C@@H]2CC(=O)N(c3ccc4c(c3)OCCO4)C2)c1. The lowest BCUT2D eigenvalue weighted by Crippen LogP contribution is -2.28. The molecular formula is C23H26N2O6. The first-order valence-corrected chi connectivity index (χ1v) is 10.5. The van der Waals surface area contributed by atoms with Crippen molar-refractivity contribution in [2.24, 2.45) is 5.92 Å². The third-order valence-corrected chi connectivity index (χ3v) is 5.15. The van der Waals surface area contributed by atoms with Gasteiger partial charge in [-0.2, -0.15) is 0 Å². The van der Waals surface area contributed by atoms with Crippen LogP contribution in [0, 0.1) is 5.92 Å². The van der Waals surface area contributed by atoms with E-state index in [1.165, 1.54) is 0 Å². The molecule has 0 spiro atoms. The molecule has 0 unspecified atom stereocenters. The van der Waals surface area contributed by atoms with Crippen LogP contribution in [0.2, 0.25) is 0 Å². The number of ether oxygens (including phenoxy) is 4. The van der Waals surface area contributed by atoms with E-state index >= 15 is 0 Å². The van der Waals surface area contributed by atoms with Crippen molar-refractivity contribution in [2.75, 3.05) is 43.2 Å². The fourth-order valence-corrected chi connectivity index (χ4v) is 3.71. The molecule has 8 nitrogen and oxygen atoms in total. The summed E-state index contributed by atoms with van der Waals surface area (Å²) in [6.07, 6.45) is 0.134. The molecule has 0 bridgehead atoms. The third kappa shape index (κ3) is 4.52. The summed E-state index contributed by atoms with van der Waals surface area (Å²) < 4.78 is 22.3. The smallest absolute Gasteiger partial charge is 0.229 e. The van der Waals surface area contributed by atoms with Gasteiger partial charge in [0.2, 0.25) is 11.8 Å². The fraction of sp³-hybridized carbons (Fsp3) is 0.391. The van der Waals surface area contributed by atoms with Gasteiger partial charge >= 0.3 is 0 Å². The molecule has 1 N–H and O–H groups in total. The second-order valence-corrected chi connectivity index (χ2v) is 7.25. The number of fused-ring (bicyclic) bond motifs is 1. The topological polar surface area (TPSA) is 86.3 Å². The maximum absolute atomic E-state index is 13.0. The van der Waals surface area contributed by atoms with Crippen molar-refractivity contribution in [1.29, 1.82) is 0 Å². The van der Waals surface area contributed by atoms with Gasteiger partial charge in [0, 0.05) is 30.8 Å². The Balaban J connectivity index is 1.48. The summed E-state index contributed by atoms with van der Waals surface area (Å²) in [7, 11) is 0. The molecule has 31 heavy (non-hydrogen) atoms. The number of nitrogens with zero attached hydrogens (tertiary/aromatic N) is 1. The van der Waals surface area contributed by atoms with Crippen LogP contribution in [0.1, 0.15) is 20.3 Å². The highest BCUT2D eigenvalue weighted by atomic mass is 16.6. The van der Waals surface area contributed by atoms with Gasteiger partial charge < -0.3 is 29.2 Å². The molecule has 0 aromatic heterocycles. The van der Waals surface area contributed by atoms with E-state index in [-0.39, 0.29) is 18.2 Å². The van der Waals surface area contributed by atoms with Gasteiger partial charge in [0.25, 0.3) is 0 Å². The lowest BCUT2D eigenvalue weighted by molar-refractivity contribution is -0.122. The summed E-state index contributed by atoms with van der Waals surface area (Å²) in [6.45, 7) is 6.02. The number of hydrogen-bond donors (Lipinski definition) is 1. The Hall–Kier alpha value is -3.42. The molecule has 0 aliphatic carbocycles. The van der Waals surface area contributed by atoms with Crippen LogP contribution in [0.4, 0.5) is 11.4 Å². The first-order chi connectivity index (χ1) is 15.1. The van der Waals surface area contributed by atoms with E-state index < -0.39 is 5.92 Å². The summed E-state index contributed by atoms with van der Waals surface area (Å²) in [5.74, 6) is 1.65. The Morgan fingerprint density at radius 3 is 2.61 bits per heavy atom. The number of amides is 2. The van der Waals surface area contributed by atoms with Gasteiger partial charge in [-0.1, -0.05) is 0 Å². The Labute approximate surface area is 181 Å². The molecule has 1 saturated heterocycles. The van der Waals surface area contributed by atoms with Crippen molar-refractivity contribution < 1.29 is 28.5 Å². The second kappa shape index (κ2) is 9.16. The summed E-state index contributed by atoms with van der Waals surface area (Å²) in [5.41, 5.74) is 1.22. The molecule has 0 saturated carbocycles. The number of carbonyl (C=O) groups is 2. The number of nitrogens with one attached hydrogen (secondary N) is 1. The van der Waals surface area contributed by atoms with E-state index in [4.69, 9.17) is 18.9 Å². The minimum absolute atomic E-state index is 0.107. The molecule has 8 heteroatoms. The molecule has 2 aromatic carbocycles. The fourth-order valence-electron chi connectivity index (χ4n) is 3.71. The maximum atomic E-state index is 13.0. The van der Waals surface area contributed by atoms with E-state index in [9.17, 15) is 9.59 Å². The zero-order valence-electron chi connectivity index (χ0n) is 17.7. The Morgan fingerprint density at radius 1 is 1.06 bits per heavy atom. The molecule has 0 radical (unpaired) electrons. The minimum atomic E-state index is -0.481. The number of hydrogen-bond acceptors (Lipinski definition) is 6. The highest BCUT2D eigenvalue weighted by Crippen LogP contribution is 2.36. The Morgan fingerprint density at radius 2 is 1.84 bits per heavy atom. The maximum Gasteiger partial charge on any atom is 0.229 e. The van der Waals surface area contributed by atoms with Gasteiger partial charge in [-0.15, -0.1) is 0 Å². The number of benzene rings is 2. The Bertz CT molecular complexity index is 977. The lowest BCUT2D eigenvalue weighted by atomic mass is 10.1. The van der Waals surface area contributed by atoms with Gasteiger partial charge in [0.05, 0.1) is 24.8 Å².